The van der Waals surface area contributed by atoms with E-state index in [1.54, 1.807) is 0 Å². The first-order chi connectivity index (χ1) is 4.72. The predicted molar refractivity (Wildman–Crippen MR) is 41.9 cm³/mol. The number of benzene rings is 1. The molecule has 1 N–H and O–H groups in total. The molecule has 0 atom stereocenters. The number of nitro benzene ring substituents is 1. The van der Waals surface area contributed by atoms with Crippen LogP contribution in [0, 0.1) is 10.1 Å². The fraction of sp³-hybridized carbons (Fsp3) is 0. The Morgan fingerprint density at radius 1 is 1.36 bits per heavy atom. The van der Waals surface area contributed by atoms with E-state index < -0.39 is 4.92 Å². The Morgan fingerprint density at radius 2 is 1.91 bits per heavy atom. The zero-order valence-corrected chi connectivity index (χ0v) is 5.02. The van der Waals surface area contributed by atoms with E-state index in [-0.39, 0.29) is 30.3 Å². The minimum absolute atomic E-state index is 0. The summed E-state index contributed by atoms with van der Waals surface area (Å²) in [6.07, 6.45) is 0. The van der Waals surface area contributed by atoms with E-state index in [0.717, 1.165) is 0 Å². The van der Waals surface area contributed by atoms with Crippen molar-refractivity contribution in [1.29, 1.82) is 0 Å². The summed E-state index contributed by atoms with van der Waals surface area (Å²) in [5.74, 6) is -0.299. The molecule has 0 amide bonds. The SMILES string of the molecule is O=[N+]([O-])c1ccccc1O.[LiH]. The molecule has 0 radical (unpaired) electrons. The molecule has 0 spiro atoms. The third kappa shape index (κ3) is 2.26. The van der Waals surface area contributed by atoms with E-state index in [0.29, 0.717) is 0 Å². The first kappa shape index (κ1) is 10.0. The second-order valence-corrected chi connectivity index (χ2v) is 1.75. The van der Waals surface area contributed by atoms with Crippen molar-refractivity contribution in [2.45, 2.75) is 0 Å². The molecular formula is C6H6LiNO3. The van der Waals surface area contributed by atoms with Crippen LogP contribution in [-0.4, -0.2) is 28.9 Å². The van der Waals surface area contributed by atoms with Crippen molar-refractivity contribution in [3.63, 3.8) is 0 Å². The fourth-order valence-electron chi connectivity index (χ4n) is 0.619. The number of hydrogen-bond acceptors (Lipinski definition) is 3. The van der Waals surface area contributed by atoms with Crippen LogP contribution in [-0.2, 0) is 0 Å². The average molecular weight is 147 g/mol. The number of nitro groups is 1. The molecule has 1 aromatic carbocycles. The number of para-hydroxylation sites is 2. The van der Waals surface area contributed by atoms with Crippen molar-refractivity contribution in [2.24, 2.45) is 0 Å². The maximum absolute atomic E-state index is 10.1. The van der Waals surface area contributed by atoms with Crippen LogP contribution in [0.5, 0.6) is 5.75 Å². The molecule has 1 rings (SSSR count). The van der Waals surface area contributed by atoms with Gasteiger partial charge in [-0.05, 0) is 6.07 Å². The second kappa shape index (κ2) is 4.01. The number of phenols is 1. The van der Waals surface area contributed by atoms with Gasteiger partial charge in [-0.2, -0.15) is 0 Å². The Balaban J connectivity index is 0.000001000. The maximum atomic E-state index is 10.1. The summed E-state index contributed by atoms with van der Waals surface area (Å²) in [5, 5.41) is 18.9. The molecule has 1 aromatic rings. The molecule has 0 saturated heterocycles. The van der Waals surface area contributed by atoms with Crippen LogP contribution in [0.15, 0.2) is 24.3 Å². The first-order valence-electron chi connectivity index (χ1n) is 2.64. The van der Waals surface area contributed by atoms with Crippen molar-refractivity contribution < 1.29 is 10.0 Å². The van der Waals surface area contributed by atoms with Gasteiger partial charge in [0.05, 0.1) is 4.92 Å². The van der Waals surface area contributed by atoms with Crippen molar-refractivity contribution in [3.05, 3.63) is 34.4 Å². The minimum atomic E-state index is -0.630. The first-order valence-corrected chi connectivity index (χ1v) is 2.64. The number of rotatable bonds is 1. The zero-order chi connectivity index (χ0) is 7.56. The van der Waals surface area contributed by atoms with Gasteiger partial charge < -0.3 is 5.11 Å². The monoisotopic (exact) mass is 147 g/mol. The molecule has 0 bridgehead atoms. The Kier molecular flexibility index (Phi) is 3.66. The molecule has 11 heavy (non-hydrogen) atoms. The van der Waals surface area contributed by atoms with E-state index in [1.165, 1.54) is 24.3 Å². The van der Waals surface area contributed by atoms with Gasteiger partial charge in [0.2, 0.25) is 0 Å². The van der Waals surface area contributed by atoms with Crippen LogP contribution in [0.3, 0.4) is 0 Å². The molecule has 0 aromatic heterocycles. The van der Waals surface area contributed by atoms with Gasteiger partial charge in [0.15, 0.2) is 5.75 Å². The Hall–Kier alpha value is -0.983. The van der Waals surface area contributed by atoms with Gasteiger partial charge in [-0.3, -0.25) is 10.1 Å². The molecule has 0 unspecified atom stereocenters. The van der Waals surface area contributed by atoms with Crippen molar-refractivity contribution in [1.82, 2.24) is 0 Å². The van der Waals surface area contributed by atoms with E-state index in [1.807, 2.05) is 0 Å². The van der Waals surface area contributed by atoms with Crippen molar-refractivity contribution in [2.75, 3.05) is 0 Å². The van der Waals surface area contributed by atoms with Gasteiger partial charge in [-0.1, -0.05) is 12.1 Å². The summed E-state index contributed by atoms with van der Waals surface area (Å²) in [6, 6.07) is 5.55. The summed E-state index contributed by atoms with van der Waals surface area (Å²) in [6.45, 7) is 0. The molecule has 5 heteroatoms. The van der Waals surface area contributed by atoms with Crippen LogP contribution in [0.2, 0.25) is 0 Å². The van der Waals surface area contributed by atoms with Crippen molar-refractivity contribution in [3.8, 4) is 5.75 Å². The number of nitrogens with zero attached hydrogens (tertiary/aromatic N) is 1. The summed E-state index contributed by atoms with van der Waals surface area (Å²) in [7, 11) is 0. The molecule has 4 nitrogen and oxygen atoms in total. The number of aromatic hydroxyl groups is 1. The van der Waals surface area contributed by atoms with Crippen LogP contribution < -0.4 is 0 Å². The number of hydrogen-bond donors (Lipinski definition) is 1. The summed E-state index contributed by atoms with van der Waals surface area (Å²) >= 11 is 0. The third-order valence-corrected chi connectivity index (χ3v) is 1.08. The molecular weight excluding hydrogens is 141 g/mol. The van der Waals surface area contributed by atoms with Gasteiger partial charge >= 0.3 is 24.5 Å². The topological polar surface area (TPSA) is 63.4 Å². The summed E-state index contributed by atoms with van der Waals surface area (Å²) < 4.78 is 0. The Morgan fingerprint density at radius 3 is 2.27 bits per heavy atom. The van der Waals surface area contributed by atoms with E-state index in [9.17, 15) is 10.1 Å². The van der Waals surface area contributed by atoms with E-state index in [4.69, 9.17) is 5.11 Å². The second-order valence-electron chi connectivity index (χ2n) is 1.75. The average Bonchev–Trinajstić information content (AvgIpc) is 1.88. The summed E-state index contributed by atoms with van der Waals surface area (Å²) in [5.41, 5.74) is -0.262. The van der Waals surface area contributed by atoms with Crippen LogP contribution in [0.25, 0.3) is 0 Å². The van der Waals surface area contributed by atoms with Gasteiger partial charge in [0, 0.05) is 6.07 Å². The Labute approximate surface area is 75.2 Å². The molecule has 0 heterocycles. The molecule has 0 aliphatic heterocycles. The van der Waals surface area contributed by atoms with Gasteiger partial charge in [0.1, 0.15) is 0 Å². The van der Waals surface area contributed by atoms with Crippen LogP contribution in [0.1, 0.15) is 0 Å². The normalized spacial score (nSPS) is 8.36. The van der Waals surface area contributed by atoms with Gasteiger partial charge in [-0.25, -0.2) is 0 Å². The fourth-order valence-corrected chi connectivity index (χ4v) is 0.619. The Bertz CT molecular complexity index is 264. The molecule has 0 fully saturated rings. The van der Waals surface area contributed by atoms with Gasteiger partial charge in [0.25, 0.3) is 0 Å². The zero-order valence-electron chi connectivity index (χ0n) is 5.02. The van der Waals surface area contributed by atoms with Crippen LogP contribution in [0.4, 0.5) is 5.69 Å². The van der Waals surface area contributed by atoms with Crippen LogP contribution >= 0.6 is 0 Å². The molecule has 0 aliphatic carbocycles. The quantitative estimate of drug-likeness (QED) is 0.360. The van der Waals surface area contributed by atoms with Gasteiger partial charge in [-0.15, -0.1) is 0 Å². The number of phenolic OH excluding ortho intramolecular Hbond substituents is 1. The van der Waals surface area contributed by atoms with E-state index >= 15 is 0 Å². The summed E-state index contributed by atoms with van der Waals surface area (Å²) in [4.78, 5) is 9.44. The molecule has 0 saturated carbocycles. The molecule has 0 aliphatic rings. The standard InChI is InChI=1S/C6H5NO3.Li.H/c8-6-4-2-1-3-5(6)7(9)10;;/h1-4,8H;;. The third-order valence-electron chi connectivity index (χ3n) is 1.08. The van der Waals surface area contributed by atoms with Crippen molar-refractivity contribution >= 4 is 24.5 Å². The van der Waals surface area contributed by atoms with E-state index in [2.05, 4.69) is 0 Å². The molecule has 54 valence electrons. The predicted octanol–water partition coefficient (Wildman–Crippen LogP) is 0.652.